The summed E-state index contributed by atoms with van der Waals surface area (Å²) in [7, 11) is 1.86. The highest BCUT2D eigenvalue weighted by atomic mass is 16.2. The van der Waals surface area contributed by atoms with Crippen LogP contribution in [0.3, 0.4) is 0 Å². The zero-order valence-corrected chi connectivity index (χ0v) is 14.8. The molecule has 6 heteroatoms. The molecule has 2 atom stereocenters. The number of nitrogens with one attached hydrogen (secondary N) is 1. The summed E-state index contributed by atoms with van der Waals surface area (Å²) in [4.78, 5) is 14.9. The van der Waals surface area contributed by atoms with Crippen LogP contribution in [0.2, 0.25) is 0 Å². The number of aryl methyl sites for hydroxylation is 1. The topological polar surface area (TPSA) is 63.1 Å². The minimum absolute atomic E-state index is 0.00432. The summed E-state index contributed by atoms with van der Waals surface area (Å²) >= 11 is 0. The minimum atomic E-state index is 0.00432. The predicted molar refractivity (Wildman–Crippen MR) is 93.8 cm³/mol. The van der Waals surface area contributed by atoms with Gasteiger partial charge in [-0.15, -0.1) is 5.10 Å². The number of carbonyl (C=O) groups is 1. The Morgan fingerprint density at radius 2 is 2.08 bits per heavy atom. The van der Waals surface area contributed by atoms with Crippen molar-refractivity contribution in [2.75, 3.05) is 11.9 Å². The second-order valence-corrected chi connectivity index (χ2v) is 8.69. The maximum Gasteiger partial charge on any atom is 0.322 e. The third-order valence-corrected chi connectivity index (χ3v) is 5.54. The fraction of sp³-hybridized carbons (Fsp3) is 0.611. The van der Waals surface area contributed by atoms with E-state index in [1.165, 1.54) is 6.42 Å². The molecule has 0 spiro atoms. The van der Waals surface area contributed by atoms with Crippen LogP contribution in [-0.2, 0) is 7.05 Å². The van der Waals surface area contributed by atoms with Crippen molar-refractivity contribution < 1.29 is 4.79 Å². The van der Waals surface area contributed by atoms with Crippen molar-refractivity contribution >= 4 is 22.8 Å². The first-order chi connectivity index (χ1) is 11.2. The van der Waals surface area contributed by atoms with E-state index in [4.69, 9.17) is 0 Å². The van der Waals surface area contributed by atoms with E-state index in [9.17, 15) is 4.79 Å². The van der Waals surface area contributed by atoms with Gasteiger partial charge >= 0.3 is 6.03 Å². The van der Waals surface area contributed by atoms with Gasteiger partial charge in [0.15, 0.2) is 0 Å². The number of carbonyl (C=O) groups excluding carboxylic acids is 1. The molecule has 1 aliphatic heterocycles. The molecule has 1 saturated carbocycles. The summed E-state index contributed by atoms with van der Waals surface area (Å²) in [6.07, 6.45) is 3.39. The highest BCUT2D eigenvalue weighted by Gasteiger charge is 2.50. The zero-order valence-electron chi connectivity index (χ0n) is 14.8. The minimum Gasteiger partial charge on any atom is -0.321 e. The van der Waals surface area contributed by atoms with E-state index < -0.39 is 0 Å². The van der Waals surface area contributed by atoms with Crippen LogP contribution in [0.1, 0.15) is 40.0 Å². The van der Waals surface area contributed by atoms with Gasteiger partial charge in [-0.1, -0.05) is 26.0 Å². The Morgan fingerprint density at radius 1 is 1.29 bits per heavy atom. The van der Waals surface area contributed by atoms with Crippen molar-refractivity contribution in [2.24, 2.45) is 17.9 Å². The molecule has 1 aliphatic carbocycles. The highest BCUT2D eigenvalue weighted by molar-refractivity contribution is 5.92. The number of aromatic nitrogens is 3. The number of amides is 2. The van der Waals surface area contributed by atoms with Crippen LogP contribution < -0.4 is 5.32 Å². The summed E-state index contributed by atoms with van der Waals surface area (Å²) in [6, 6.07) is 6.09. The normalized spacial score (nSPS) is 28.3. The van der Waals surface area contributed by atoms with Crippen molar-refractivity contribution in [1.82, 2.24) is 19.9 Å². The van der Waals surface area contributed by atoms with Gasteiger partial charge in [-0.2, -0.15) is 0 Å². The first-order valence-electron chi connectivity index (χ1n) is 8.62. The Hall–Kier alpha value is -2.11. The summed E-state index contributed by atoms with van der Waals surface area (Å²) in [6.45, 7) is 7.81. The van der Waals surface area contributed by atoms with E-state index >= 15 is 0 Å². The molecule has 6 nitrogen and oxygen atoms in total. The van der Waals surface area contributed by atoms with Crippen LogP contribution in [0.5, 0.6) is 0 Å². The second kappa shape index (κ2) is 4.94. The molecule has 1 N–H and O–H groups in total. The quantitative estimate of drug-likeness (QED) is 0.873. The standard InChI is InChI=1S/C18H25N5O/c1-17(2)8-13-9-18(3,10-17)11-23(13)16(24)19-12-5-6-15-14(7-12)20-21-22(15)4/h5-7,13H,8-11H2,1-4H3,(H,19,24)/t13-,18+/m0/s1. The molecule has 2 amide bonds. The van der Waals surface area contributed by atoms with Crippen LogP contribution in [0, 0.1) is 10.8 Å². The number of rotatable bonds is 1. The van der Waals surface area contributed by atoms with Gasteiger partial charge in [0.1, 0.15) is 5.52 Å². The van der Waals surface area contributed by atoms with Crippen LogP contribution in [-0.4, -0.2) is 38.5 Å². The Morgan fingerprint density at radius 3 is 2.88 bits per heavy atom. The monoisotopic (exact) mass is 327 g/mol. The highest BCUT2D eigenvalue weighted by Crippen LogP contribution is 2.52. The molecular weight excluding hydrogens is 302 g/mol. The molecule has 2 heterocycles. The lowest BCUT2D eigenvalue weighted by atomic mass is 9.65. The second-order valence-electron chi connectivity index (χ2n) is 8.69. The van der Waals surface area contributed by atoms with Gasteiger partial charge in [0.2, 0.25) is 0 Å². The van der Waals surface area contributed by atoms with Crippen molar-refractivity contribution in [3.63, 3.8) is 0 Å². The molecule has 1 aromatic heterocycles. The summed E-state index contributed by atoms with van der Waals surface area (Å²) in [5.41, 5.74) is 3.09. The number of urea groups is 1. The lowest BCUT2D eigenvalue weighted by Crippen LogP contribution is -2.40. The number of hydrogen-bond acceptors (Lipinski definition) is 3. The molecule has 0 unspecified atom stereocenters. The number of fused-ring (bicyclic) bond motifs is 3. The Bertz CT molecular complexity index is 811. The maximum atomic E-state index is 12.8. The first kappa shape index (κ1) is 15.4. The van der Waals surface area contributed by atoms with Crippen molar-refractivity contribution in [2.45, 2.75) is 46.1 Å². The first-order valence-corrected chi connectivity index (χ1v) is 8.62. The average molecular weight is 327 g/mol. The molecule has 2 aliphatic rings. The molecule has 2 fully saturated rings. The van der Waals surface area contributed by atoms with Gasteiger partial charge < -0.3 is 10.2 Å². The molecule has 24 heavy (non-hydrogen) atoms. The van der Waals surface area contributed by atoms with E-state index in [0.717, 1.165) is 36.1 Å². The maximum absolute atomic E-state index is 12.8. The third-order valence-electron chi connectivity index (χ3n) is 5.54. The van der Waals surface area contributed by atoms with E-state index in [1.807, 2.05) is 30.1 Å². The molecule has 2 bridgehead atoms. The Kier molecular flexibility index (Phi) is 3.18. The molecule has 1 aromatic carbocycles. The van der Waals surface area contributed by atoms with Crippen molar-refractivity contribution in [3.8, 4) is 0 Å². The van der Waals surface area contributed by atoms with Crippen LogP contribution in [0.25, 0.3) is 11.0 Å². The number of benzene rings is 1. The fourth-order valence-electron chi connectivity index (χ4n) is 5.01. The number of anilines is 1. The van der Waals surface area contributed by atoms with E-state index in [-0.39, 0.29) is 11.4 Å². The van der Waals surface area contributed by atoms with Gasteiger partial charge in [0.05, 0.1) is 5.52 Å². The van der Waals surface area contributed by atoms with Crippen molar-refractivity contribution in [1.29, 1.82) is 0 Å². The summed E-state index contributed by atoms with van der Waals surface area (Å²) in [5, 5.41) is 11.2. The van der Waals surface area contributed by atoms with E-state index in [0.29, 0.717) is 11.5 Å². The fourth-order valence-corrected chi connectivity index (χ4v) is 5.01. The van der Waals surface area contributed by atoms with Gasteiger partial charge in [0, 0.05) is 25.3 Å². The molecular formula is C18H25N5O. The predicted octanol–water partition coefficient (Wildman–Crippen LogP) is 3.40. The average Bonchev–Trinajstić information content (AvgIpc) is 2.95. The van der Waals surface area contributed by atoms with Crippen LogP contribution in [0.4, 0.5) is 10.5 Å². The van der Waals surface area contributed by atoms with Gasteiger partial charge in [-0.3, -0.25) is 0 Å². The summed E-state index contributed by atoms with van der Waals surface area (Å²) in [5.74, 6) is 0. The smallest absolute Gasteiger partial charge is 0.321 e. The Balaban J connectivity index is 1.53. The van der Waals surface area contributed by atoms with Crippen LogP contribution in [0.15, 0.2) is 18.2 Å². The lowest BCUT2D eigenvalue weighted by molar-refractivity contribution is 0.130. The summed E-state index contributed by atoms with van der Waals surface area (Å²) < 4.78 is 1.73. The van der Waals surface area contributed by atoms with E-state index in [2.05, 4.69) is 36.4 Å². The zero-order chi connectivity index (χ0) is 17.1. The van der Waals surface area contributed by atoms with Crippen molar-refractivity contribution in [3.05, 3.63) is 18.2 Å². The molecule has 4 rings (SSSR count). The number of likely N-dealkylation sites (tertiary alicyclic amines) is 1. The lowest BCUT2D eigenvalue weighted by Gasteiger charge is -2.39. The van der Waals surface area contributed by atoms with Gasteiger partial charge in [-0.25, -0.2) is 9.48 Å². The van der Waals surface area contributed by atoms with E-state index in [1.54, 1.807) is 4.68 Å². The number of hydrogen-bond donors (Lipinski definition) is 1. The molecule has 128 valence electrons. The van der Waals surface area contributed by atoms with Gasteiger partial charge in [-0.05, 0) is 48.3 Å². The van der Waals surface area contributed by atoms with Gasteiger partial charge in [0.25, 0.3) is 0 Å². The number of nitrogens with zero attached hydrogens (tertiary/aromatic N) is 4. The molecule has 2 aromatic rings. The SMILES string of the molecule is Cn1nnc2cc(NC(=O)N3C[C@]4(C)C[C@@H]3CC(C)(C)C4)ccc21. The van der Waals surface area contributed by atoms with Crippen LogP contribution >= 0.6 is 0 Å². The molecule has 1 saturated heterocycles. The largest absolute Gasteiger partial charge is 0.322 e. The Labute approximate surface area is 142 Å². The molecule has 0 radical (unpaired) electrons. The third kappa shape index (κ3) is 2.54.